The Labute approximate surface area is 89.6 Å². The van der Waals surface area contributed by atoms with Gasteiger partial charge in [0, 0.05) is 18.6 Å². The van der Waals surface area contributed by atoms with Gasteiger partial charge in [0.1, 0.15) is 0 Å². The van der Waals surface area contributed by atoms with Gasteiger partial charge < -0.3 is 10.3 Å². The van der Waals surface area contributed by atoms with Gasteiger partial charge >= 0.3 is 0 Å². The van der Waals surface area contributed by atoms with E-state index in [9.17, 15) is 0 Å². The molecule has 1 saturated heterocycles. The molecule has 3 atom stereocenters. The first-order chi connectivity index (χ1) is 7.18. The largest absolute Gasteiger partial charge is 0.343 e. The van der Waals surface area contributed by atoms with Crippen molar-refractivity contribution >= 4 is 0 Å². The minimum Gasteiger partial charge on any atom is -0.343 e. The van der Waals surface area contributed by atoms with Crippen LogP contribution in [0.4, 0.5) is 0 Å². The van der Waals surface area contributed by atoms with Gasteiger partial charge in [-0.25, -0.2) is 0 Å². The van der Waals surface area contributed by atoms with Crippen LogP contribution in [0.5, 0.6) is 0 Å². The lowest BCUT2D eigenvalue weighted by molar-refractivity contribution is 0.0877. The Bertz CT molecular complexity index is 300. The first-order valence-corrected chi connectivity index (χ1v) is 5.43. The molecule has 0 amide bonds. The molecule has 5 heteroatoms. The van der Waals surface area contributed by atoms with Crippen molar-refractivity contribution in [3.05, 3.63) is 12.2 Å². The van der Waals surface area contributed by atoms with Crippen molar-refractivity contribution in [3.8, 4) is 0 Å². The summed E-state index contributed by atoms with van der Waals surface area (Å²) in [6, 6.07) is 0.800. The SMILES string of the molecule is CC1C(N)CCN(Cc2ncon2)C1C. The van der Waals surface area contributed by atoms with Crippen LogP contribution in [0.1, 0.15) is 26.1 Å². The zero-order chi connectivity index (χ0) is 10.8. The Morgan fingerprint density at radius 2 is 2.40 bits per heavy atom. The van der Waals surface area contributed by atoms with Crippen molar-refractivity contribution in [2.45, 2.75) is 38.9 Å². The fraction of sp³-hybridized carbons (Fsp3) is 0.800. The highest BCUT2D eigenvalue weighted by atomic mass is 16.5. The quantitative estimate of drug-likeness (QED) is 0.775. The van der Waals surface area contributed by atoms with Gasteiger partial charge in [-0.3, -0.25) is 4.90 Å². The molecule has 0 spiro atoms. The Kier molecular flexibility index (Phi) is 3.02. The molecule has 2 rings (SSSR count). The second-order valence-corrected chi connectivity index (χ2v) is 4.37. The third kappa shape index (κ3) is 2.18. The number of piperidine rings is 1. The first kappa shape index (κ1) is 10.6. The number of nitrogens with zero attached hydrogens (tertiary/aromatic N) is 3. The number of hydrogen-bond acceptors (Lipinski definition) is 5. The smallest absolute Gasteiger partial charge is 0.213 e. The van der Waals surface area contributed by atoms with Gasteiger partial charge in [-0.2, -0.15) is 4.98 Å². The summed E-state index contributed by atoms with van der Waals surface area (Å²) in [6.07, 6.45) is 2.42. The van der Waals surface area contributed by atoms with Crippen LogP contribution in [-0.2, 0) is 6.54 Å². The van der Waals surface area contributed by atoms with E-state index in [1.54, 1.807) is 0 Å². The summed E-state index contributed by atoms with van der Waals surface area (Å²) in [6.45, 7) is 6.19. The van der Waals surface area contributed by atoms with Crippen LogP contribution >= 0.6 is 0 Å². The van der Waals surface area contributed by atoms with Crippen molar-refractivity contribution in [2.24, 2.45) is 11.7 Å². The lowest BCUT2D eigenvalue weighted by atomic mass is 9.88. The van der Waals surface area contributed by atoms with Crippen molar-refractivity contribution in [1.82, 2.24) is 15.0 Å². The van der Waals surface area contributed by atoms with E-state index in [4.69, 9.17) is 10.3 Å². The van der Waals surface area contributed by atoms with E-state index in [-0.39, 0.29) is 0 Å². The molecular weight excluding hydrogens is 192 g/mol. The zero-order valence-electron chi connectivity index (χ0n) is 9.26. The van der Waals surface area contributed by atoms with Gasteiger partial charge in [-0.1, -0.05) is 12.1 Å². The molecule has 1 fully saturated rings. The Morgan fingerprint density at radius 3 is 3.07 bits per heavy atom. The highest BCUT2D eigenvalue weighted by Crippen LogP contribution is 2.23. The molecule has 1 aliphatic rings. The van der Waals surface area contributed by atoms with Gasteiger partial charge in [0.25, 0.3) is 0 Å². The molecule has 2 heterocycles. The van der Waals surface area contributed by atoms with Gasteiger partial charge in [-0.15, -0.1) is 0 Å². The van der Waals surface area contributed by atoms with Crippen molar-refractivity contribution < 1.29 is 4.52 Å². The number of aromatic nitrogens is 2. The summed E-state index contributed by atoms with van der Waals surface area (Å²) in [5.41, 5.74) is 6.03. The zero-order valence-corrected chi connectivity index (χ0v) is 9.26. The van der Waals surface area contributed by atoms with E-state index >= 15 is 0 Å². The molecule has 0 aromatic carbocycles. The molecular formula is C10H18N4O. The van der Waals surface area contributed by atoms with Gasteiger partial charge in [0.15, 0.2) is 5.82 Å². The van der Waals surface area contributed by atoms with E-state index < -0.39 is 0 Å². The molecule has 0 saturated carbocycles. The van der Waals surface area contributed by atoms with Crippen LogP contribution in [0.2, 0.25) is 0 Å². The third-order valence-electron chi connectivity index (χ3n) is 3.51. The van der Waals surface area contributed by atoms with Crippen LogP contribution in [0.15, 0.2) is 10.9 Å². The lowest BCUT2D eigenvalue weighted by Crippen LogP contribution is -2.51. The van der Waals surface area contributed by atoms with Crippen molar-refractivity contribution in [1.29, 1.82) is 0 Å². The summed E-state index contributed by atoms with van der Waals surface area (Å²) in [5.74, 6) is 1.27. The second-order valence-electron chi connectivity index (χ2n) is 4.37. The molecule has 2 N–H and O–H groups in total. The number of nitrogens with two attached hydrogens (primary N) is 1. The summed E-state index contributed by atoms with van der Waals surface area (Å²) >= 11 is 0. The van der Waals surface area contributed by atoms with E-state index in [1.165, 1.54) is 6.39 Å². The van der Waals surface area contributed by atoms with Crippen LogP contribution in [0.3, 0.4) is 0 Å². The highest BCUT2D eigenvalue weighted by molar-refractivity contribution is 4.89. The van der Waals surface area contributed by atoms with Crippen molar-refractivity contribution in [3.63, 3.8) is 0 Å². The van der Waals surface area contributed by atoms with Crippen molar-refractivity contribution in [2.75, 3.05) is 6.54 Å². The molecule has 84 valence electrons. The topological polar surface area (TPSA) is 68.2 Å². The van der Waals surface area contributed by atoms with E-state index in [1.807, 2.05) is 0 Å². The summed E-state index contributed by atoms with van der Waals surface area (Å²) < 4.78 is 4.73. The molecule has 1 aromatic heterocycles. The first-order valence-electron chi connectivity index (χ1n) is 5.43. The Hall–Kier alpha value is -0.940. The minimum atomic E-state index is 0.321. The Morgan fingerprint density at radius 1 is 1.60 bits per heavy atom. The molecule has 15 heavy (non-hydrogen) atoms. The van der Waals surface area contributed by atoms with Crippen LogP contribution in [0, 0.1) is 5.92 Å². The van der Waals surface area contributed by atoms with Crippen LogP contribution in [-0.4, -0.2) is 33.7 Å². The van der Waals surface area contributed by atoms with E-state index in [2.05, 4.69) is 28.9 Å². The fourth-order valence-corrected chi connectivity index (χ4v) is 2.14. The molecule has 0 aliphatic carbocycles. The fourth-order valence-electron chi connectivity index (χ4n) is 2.14. The average Bonchev–Trinajstić information content (AvgIpc) is 2.72. The lowest BCUT2D eigenvalue weighted by Gasteiger charge is -2.40. The molecule has 0 bridgehead atoms. The number of rotatable bonds is 2. The Balaban J connectivity index is 1.98. The van der Waals surface area contributed by atoms with E-state index in [0.717, 1.165) is 25.3 Å². The molecule has 3 unspecified atom stereocenters. The third-order valence-corrected chi connectivity index (χ3v) is 3.51. The normalized spacial score (nSPS) is 33.1. The molecule has 1 aromatic rings. The molecule has 0 radical (unpaired) electrons. The average molecular weight is 210 g/mol. The van der Waals surface area contributed by atoms with Crippen LogP contribution in [0.25, 0.3) is 0 Å². The highest BCUT2D eigenvalue weighted by Gasteiger charge is 2.30. The summed E-state index contributed by atoms with van der Waals surface area (Å²) in [7, 11) is 0. The van der Waals surface area contributed by atoms with Gasteiger partial charge in [-0.05, 0) is 19.3 Å². The van der Waals surface area contributed by atoms with Gasteiger partial charge in [0.05, 0.1) is 6.54 Å². The number of likely N-dealkylation sites (tertiary alicyclic amines) is 1. The van der Waals surface area contributed by atoms with Crippen LogP contribution < -0.4 is 5.73 Å². The predicted octanol–water partition coefficient (Wildman–Crippen LogP) is 0.627. The molecule has 1 aliphatic heterocycles. The summed E-state index contributed by atoms with van der Waals surface area (Å²) in [4.78, 5) is 6.40. The maximum Gasteiger partial charge on any atom is 0.213 e. The monoisotopic (exact) mass is 210 g/mol. The second kappa shape index (κ2) is 4.28. The van der Waals surface area contributed by atoms with E-state index in [0.29, 0.717) is 18.0 Å². The summed E-state index contributed by atoms with van der Waals surface area (Å²) in [5, 5.41) is 3.83. The minimum absolute atomic E-state index is 0.321. The molecule has 5 nitrogen and oxygen atoms in total. The maximum absolute atomic E-state index is 6.03. The number of hydrogen-bond donors (Lipinski definition) is 1. The maximum atomic E-state index is 6.03. The van der Waals surface area contributed by atoms with Gasteiger partial charge in [0.2, 0.25) is 6.39 Å². The predicted molar refractivity (Wildman–Crippen MR) is 55.9 cm³/mol. The standard InChI is InChI=1S/C10H18N4O/c1-7-8(2)14(4-3-9(7)11)5-10-12-6-15-13-10/h6-9H,3-5,11H2,1-2H3.